The second-order valence-corrected chi connectivity index (χ2v) is 1.92. The first-order valence-electron chi connectivity index (χ1n) is 3.07. The van der Waals surface area contributed by atoms with Crippen molar-refractivity contribution in [3.8, 4) is 0 Å². The fraction of sp³-hybridized carbons (Fsp3) is 0.667. The minimum absolute atomic E-state index is 0.0304. The molecule has 0 aliphatic rings. The van der Waals surface area contributed by atoms with Crippen LogP contribution in [0.2, 0.25) is 0 Å². The first-order valence-corrected chi connectivity index (χ1v) is 3.07. The number of amides is 1. The Hall–Kier alpha value is -0.900. The number of hydrogen-bond donors (Lipinski definition) is 2. The van der Waals surface area contributed by atoms with E-state index in [-0.39, 0.29) is 24.7 Å². The fourth-order valence-electron chi connectivity index (χ4n) is 0.527. The van der Waals surface area contributed by atoms with Gasteiger partial charge in [-0.15, -0.1) is 0 Å². The summed E-state index contributed by atoms with van der Waals surface area (Å²) in [5.41, 5.74) is 0. The van der Waals surface area contributed by atoms with Crippen molar-refractivity contribution in [2.24, 2.45) is 0 Å². The van der Waals surface area contributed by atoms with Gasteiger partial charge < -0.3 is 10.6 Å². The Morgan fingerprint density at radius 1 is 1.30 bits per heavy atom. The highest BCUT2D eigenvalue weighted by molar-refractivity contribution is 5.98. The summed E-state index contributed by atoms with van der Waals surface area (Å²) in [6.45, 7) is 0.257. The molecule has 0 aromatic heterocycles. The number of likely N-dealkylation sites (N-methyl/N-ethyl adjacent to an activating group) is 1. The van der Waals surface area contributed by atoms with Crippen LogP contribution >= 0.6 is 0 Å². The molecule has 0 fully saturated rings. The lowest BCUT2D eigenvalue weighted by molar-refractivity contribution is -0.127. The SMILES string of the molecule is CNCC(=O)CC(=O)NC. The van der Waals surface area contributed by atoms with Crippen molar-refractivity contribution >= 4 is 11.7 Å². The summed E-state index contributed by atoms with van der Waals surface area (Å²) < 4.78 is 0. The van der Waals surface area contributed by atoms with Crippen LogP contribution < -0.4 is 10.6 Å². The number of ketones is 1. The zero-order chi connectivity index (χ0) is 7.98. The van der Waals surface area contributed by atoms with Crippen molar-refractivity contribution in [2.45, 2.75) is 6.42 Å². The number of Topliss-reactive ketones (excluding diaryl/α,β-unsaturated/α-hetero) is 1. The zero-order valence-electron chi connectivity index (χ0n) is 6.23. The van der Waals surface area contributed by atoms with Crippen molar-refractivity contribution in [1.29, 1.82) is 0 Å². The van der Waals surface area contributed by atoms with Gasteiger partial charge in [0.25, 0.3) is 0 Å². The lowest BCUT2D eigenvalue weighted by atomic mass is 10.3. The predicted molar refractivity (Wildman–Crippen MR) is 37.6 cm³/mol. The second-order valence-electron chi connectivity index (χ2n) is 1.92. The minimum atomic E-state index is -0.236. The van der Waals surface area contributed by atoms with E-state index in [0.717, 1.165) is 0 Å². The molecule has 1 amide bonds. The van der Waals surface area contributed by atoms with Gasteiger partial charge in [0.15, 0.2) is 5.78 Å². The van der Waals surface area contributed by atoms with Gasteiger partial charge in [-0.25, -0.2) is 0 Å². The molecule has 58 valence electrons. The average molecular weight is 144 g/mol. The van der Waals surface area contributed by atoms with Gasteiger partial charge in [-0.1, -0.05) is 0 Å². The summed E-state index contributed by atoms with van der Waals surface area (Å²) in [5.74, 6) is -0.331. The Balaban J connectivity index is 3.47. The van der Waals surface area contributed by atoms with Crippen molar-refractivity contribution in [3.63, 3.8) is 0 Å². The maximum absolute atomic E-state index is 10.7. The molecule has 4 nitrogen and oxygen atoms in total. The van der Waals surface area contributed by atoms with Crippen LogP contribution in [0.15, 0.2) is 0 Å². The highest BCUT2D eigenvalue weighted by Crippen LogP contribution is 1.79. The monoisotopic (exact) mass is 144 g/mol. The van der Waals surface area contributed by atoms with Gasteiger partial charge in [0.2, 0.25) is 5.91 Å². The average Bonchev–Trinajstić information content (AvgIpc) is 1.88. The maximum Gasteiger partial charge on any atom is 0.227 e. The normalized spacial score (nSPS) is 9.00. The molecule has 0 spiro atoms. The Morgan fingerprint density at radius 2 is 1.90 bits per heavy atom. The van der Waals surface area contributed by atoms with Crippen molar-refractivity contribution < 1.29 is 9.59 Å². The molecule has 4 heteroatoms. The molecule has 0 bridgehead atoms. The molecule has 0 saturated heterocycles. The summed E-state index contributed by atoms with van der Waals surface area (Å²) in [4.78, 5) is 21.2. The highest BCUT2D eigenvalue weighted by atomic mass is 16.2. The van der Waals surface area contributed by atoms with E-state index in [1.165, 1.54) is 7.05 Å². The van der Waals surface area contributed by atoms with E-state index >= 15 is 0 Å². The number of carbonyl (C=O) groups is 2. The standard InChI is InChI=1S/C6H12N2O2/c1-7-4-5(9)3-6(10)8-2/h7H,3-4H2,1-2H3,(H,8,10). The van der Waals surface area contributed by atoms with Crippen LogP contribution in [0.4, 0.5) is 0 Å². The van der Waals surface area contributed by atoms with Gasteiger partial charge in [0.1, 0.15) is 0 Å². The highest BCUT2D eigenvalue weighted by Gasteiger charge is 2.04. The summed E-state index contributed by atoms with van der Waals surface area (Å²) in [6, 6.07) is 0. The smallest absolute Gasteiger partial charge is 0.227 e. The van der Waals surface area contributed by atoms with E-state index in [4.69, 9.17) is 0 Å². The molecule has 0 aliphatic heterocycles. The Morgan fingerprint density at radius 3 is 2.30 bits per heavy atom. The third-order valence-corrected chi connectivity index (χ3v) is 1.01. The molecule has 0 saturated carbocycles. The molecule has 0 heterocycles. The van der Waals surface area contributed by atoms with E-state index in [1.54, 1.807) is 7.05 Å². The van der Waals surface area contributed by atoms with Crippen LogP contribution in [0.25, 0.3) is 0 Å². The molecular formula is C6H12N2O2. The molecular weight excluding hydrogens is 132 g/mol. The molecule has 0 radical (unpaired) electrons. The van der Waals surface area contributed by atoms with E-state index in [9.17, 15) is 9.59 Å². The summed E-state index contributed by atoms with van der Waals surface area (Å²) in [5, 5.41) is 5.03. The maximum atomic E-state index is 10.7. The molecule has 2 N–H and O–H groups in total. The zero-order valence-corrected chi connectivity index (χ0v) is 6.23. The number of hydrogen-bond acceptors (Lipinski definition) is 3. The van der Waals surface area contributed by atoms with Gasteiger partial charge in [0.05, 0.1) is 13.0 Å². The first kappa shape index (κ1) is 9.10. The van der Waals surface area contributed by atoms with Gasteiger partial charge in [-0.05, 0) is 7.05 Å². The van der Waals surface area contributed by atoms with Gasteiger partial charge >= 0.3 is 0 Å². The Kier molecular flexibility index (Phi) is 4.49. The molecule has 0 aromatic carbocycles. The van der Waals surface area contributed by atoms with Crippen molar-refractivity contribution in [2.75, 3.05) is 20.6 Å². The van der Waals surface area contributed by atoms with E-state index < -0.39 is 0 Å². The molecule has 10 heavy (non-hydrogen) atoms. The third-order valence-electron chi connectivity index (χ3n) is 1.01. The molecule has 0 unspecified atom stereocenters. The number of carbonyl (C=O) groups excluding carboxylic acids is 2. The first-order chi connectivity index (χ1) is 4.70. The third kappa shape index (κ3) is 4.03. The van der Waals surface area contributed by atoms with Crippen molar-refractivity contribution in [1.82, 2.24) is 10.6 Å². The molecule has 0 atom stereocenters. The number of nitrogens with one attached hydrogen (secondary N) is 2. The summed E-state index contributed by atoms with van der Waals surface area (Å²) in [6.07, 6.45) is -0.0304. The lowest BCUT2D eigenvalue weighted by Gasteiger charge is -1.97. The summed E-state index contributed by atoms with van der Waals surface area (Å²) in [7, 11) is 3.18. The van der Waals surface area contributed by atoms with Crippen LogP contribution in [-0.4, -0.2) is 32.3 Å². The van der Waals surface area contributed by atoms with Crippen LogP contribution in [0.5, 0.6) is 0 Å². The Bertz CT molecular complexity index is 134. The Labute approximate surface area is 60.0 Å². The van der Waals surface area contributed by atoms with E-state index in [0.29, 0.717) is 0 Å². The minimum Gasteiger partial charge on any atom is -0.359 e. The molecule has 0 aromatic rings. The van der Waals surface area contributed by atoms with E-state index in [2.05, 4.69) is 10.6 Å². The molecule has 0 aliphatic carbocycles. The van der Waals surface area contributed by atoms with Crippen LogP contribution in [0.3, 0.4) is 0 Å². The molecule has 0 rings (SSSR count). The van der Waals surface area contributed by atoms with E-state index in [1.807, 2.05) is 0 Å². The van der Waals surface area contributed by atoms with Crippen LogP contribution in [0, 0.1) is 0 Å². The summed E-state index contributed by atoms with van der Waals surface area (Å²) >= 11 is 0. The van der Waals surface area contributed by atoms with Gasteiger partial charge in [-0.3, -0.25) is 9.59 Å². The van der Waals surface area contributed by atoms with Crippen molar-refractivity contribution in [3.05, 3.63) is 0 Å². The quantitative estimate of drug-likeness (QED) is 0.493. The fourth-order valence-corrected chi connectivity index (χ4v) is 0.527. The van der Waals surface area contributed by atoms with Gasteiger partial charge in [-0.2, -0.15) is 0 Å². The topological polar surface area (TPSA) is 58.2 Å². The predicted octanol–water partition coefficient (Wildman–Crippen LogP) is -1.09. The number of rotatable bonds is 4. The van der Waals surface area contributed by atoms with Crippen LogP contribution in [-0.2, 0) is 9.59 Å². The van der Waals surface area contributed by atoms with Crippen LogP contribution in [0.1, 0.15) is 6.42 Å². The second kappa shape index (κ2) is 4.93. The largest absolute Gasteiger partial charge is 0.359 e. The van der Waals surface area contributed by atoms with Gasteiger partial charge in [0, 0.05) is 7.05 Å². The lowest BCUT2D eigenvalue weighted by Crippen LogP contribution is -2.26.